The standard InChI is InChI=1S/C11H16N2O2/c1-11(2,3)13-8-9(7-12-13)5-6-10(14)15-4/h5-8H,1-4H3. The molecule has 0 aromatic carbocycles. The molecule has 0 saturated heterocycles. The predicted molar refractivity (Wildman–Crippen MR) is 58.3 cm³/mol. The first-order valence-corrected chi connectivity index (χ1v) is 4.74. The topological polar surface area (TPSA) is 44.1 Å². The average Bonchev–Trinajstić information content (AvgIpc) is 2.61. The van der Waals surface area contributed by atoms with Gasteiger partial charge in [-0.3, -0.25) is 4.68 Å². The molecule has 1 rings (SSSR count). The molecular formula is C11H16N2O2. The van der Waals surface area contributed by atoms with Crippen molar-refractivity contribution < 1.29 is 9.53 Å². The van der Waals surface area contributed by atoms with Crippen molar-refractivity contribution in [1.82, 2.24) is 9.78 Å². The number of methoxy groups -OCH3 is 1. The fourth-order valence-electron chi connectivity index (χ4n) is 1.02. The van der Waals surface area contributed by atoms with Crippen molar-refractivity contribution in [2.24, 2.45) is 0 Å². The third-order valence-corrected chi connectivity index (χ3v) is 1.90. The molecule has 4 nitrogen and oxygen atoms in total. The van der Waals surface area contributed by atoms with Crippen LogP contribution in [0.4, 0.5) is 0 Å². The first-order valence-electron chi connectivity index (χ1n) is 4.74. The first-order chi connectivity index (χ1) is 6.93. The molecule has 1 aromatic rings. The highest BCUT2D eigenvalue weighted by Gasteiger charge is 2.12. The number of esters is 1. The Bertz CT molecular complexity index is 372. The molecule has 4 heteroatoms. The maximum Gasteiger partial charge on any atom is 0.330 e. The molecule has 1 heterocycles. The third kappa shape index (κ3) is 3.23. The van der Waals surface area contributed by atoms with Crippen molar-refractivity contribution >= 4 is 12.0 Å². The van der Waals surface area contributed by atoms with Crippen LogP contribution in [-0.4, -0.2) is 22.9 Å². The van der Waals surface area contributed by atoms with E-state index in [0.29, 0.717) is 0 Å². The Kier molecular flexibility index (Phi) is 3.29. The van der Waals surface area contributed by atoms with Gasteiger partial charge in [0, 0.05) is 17.8 Å². The number of carbonyl (C=O) groups is 1. The molecule has 0 aliphatic heterocycles. The highest BCUT2D eigenvalue weighted by molar-refractivity contribution is 5.86. The SMILES string of the molecule is COC(=O)C=Cc1cnn(C(C)(C)C)c1. The number of hydrogen-bond donors (Lipinski definition) is 0. The van der Waals surface area contributed by atoms with Crippen LogP contribution in [0.15, 0.2) is 18.5 Å². The summed E-state index contributed by atoms with van der Waals surface area (Å²) in [6.07, 6.45) is 6.66. The van der Waals surface area contributed by atoms with Crippen LogP contribution >= 0.6 is 0 Å². The summed E-state index contributed by atoms with van der Waals surface area (Å²) in [5, 5.41) is 4.20. The minimum absolute atomic E-state index is 0.0443. The molecule has 0 fully saturated rings. The zero-order valence-electron chi connectivity index (χ0n) is 9.52. The molecule has 0 aliphatic rings. The highest BCUT2D eigenvalue weighted by atomic mass is 16.5. The maximum absolute atomic E-state index is 10.9. The first kappa shape index (κ1) is 11.5. The summed E-state index contributed by atoms with van der Waals surface area (Å²) < 4.78 is 6.34. The van der Waals surface area contributed by atoms with E-state index in [1.165, 1.54) is 13.2 Å². The second-order valence-corrected chi connectivity index (χ2v) is 4.25. The molecule has 1 aromatic heterocycles. The highest BCUT2D eigenvalue weighted by Crippen LogP contribution is 2.13. The smallest absolute Gasteiger partial charge is 0.330 e. The maximum atomic E-state index is 10.9. The van der Waals surface area contributed by atoms with E-state index in [0.717, 1.165) is 5.56 Å². The van der Waals surface area contributed by atoms with Crippen LogP contribution in [0.3, 0.4) is 0 Å². The molecule has 0 aliphatic carbocycles. The summed E-state index contributed by atoms with van der Waals surface area (Å²) in [4.78, 5) is 10.9. The number of aromatic nitrogens is 2. The number of rotatable bonds is 2. The van der Waals surface area contributed by atoms with Gasteiger partial charge in [-0.05, 0) is 26.8 Å². The van der Waals surface area contributed by atoms with Crippen LogP contribution < -0.4 is 0 Å². The Morgan fingerprint density at radius 2 is 2.20 bits per heavy atom. The Morgan fingerprint density at radius 3 is 2.67 bits per heavy atom. The number of nitrogens with zero attached hydrogens (tertiary/aromatic N) is 2. The van der Waals surface area contributed by atoms with Crippen LogP contribution in [0.25, 0.3) is 6.08 Å². The number of hydrogen-bond acceptors (Lipinski definition) is 3. The van der Waals surface area contributed by atoms with E-state index in [4.69, 9.17) is 0 Å². The summed E-state index contributed by atoms with van der Waals surface area (Å²) in [6.45, 7) is 6.19. The molecule has 0 N–H and O–H groups in total. The average molecular weight is 208 g/mol. The molecule has 0 unspecified atom stereocenters. The lowest BCUT2D eigenvalue weighted by molar-refractivity contribution is -0.134. The van der Waals surface area contributed by atoms with Gasteiger partial charge < -0.3 is 4.74 Å². The second-order valence-electron chi connectivity index (χ2n) is 4.25. The van der Waals surface area contributed by atoms with Crippen LogP contribution in [-0.2, 0) is 15.1 Å². The van der Waals surface area contributed by atoms with Crippen LogP contribution in [0.2, 0.25) is 0 Å². The summed E-state index contributed by atoms with van der Waals surface area (Å²) in [5.41, 5.74) is 0.840. The summed E-state index contributed by atoms with van der Waals surface area (Å²) >= 11 is 0. The van der Waals surface area contributed by atoms with Crippen molar-refractivity contribution in [3.63, 3.8) is 0 Å². The molecule has 0 radical (unpaired) electrons. The van der Waals surface area contributed by atoms with Gasteiger partial charge in [-0.25, -0.2) is 4.79 Å². The minimum Gasteiger partial charge on any atom is -0.466 e. The van der Waals surface area contributed by atoms with Crippen molar-refractivity contribution in [2.45, 2.75) is 26.3 Å². The van der Waals surface area contributed by atoms with E-state index in [1.807, 2.05) is 10.9 Å². The van der Waals surface area contributed by atoms with Gasteiger partial charge in [0.15, 0.2) is 0 Å². The zero-order chi connectivity index (χ0) is 11.5. The lowest BCUT2D eigenvalue weighted by Gasteiger charge is -2.18. The summed E-state index contributed by atoms with van der Waals surface area (Å²) in [5.74, 6) is -0.362. The summed E-state index contributed by atoms with van der Waals surface area (Å²) in [7, 11) is 1.35. The predicted octanol–water partition coefficient (Wildman–Crippen LogP) is 1.82. The van der Waals surface area contributed by atoms with E-state index in [2.05, 4.69) is 30.6 Å². The molecule has 0 saturated carbocycles. The van der Waals surface area contributed by atoms with Crippen molar-refractivity contribution in [3.8, 4) is 0 Å². The lowest BCUT2D eigenvalue weighted by atomic mass is 10.1. The van der Waals surface area contributed by atoms with Crippen molar-refractivity contribution in [2.75, 3.05) is 7.11 Å². The number of ether oxygens (including phenoxy) is 1. The van der Waals surface area contributed by atoms with Crippen molar-refractivity contribution in [3.05, 3.63) is 24.0 Å². The van der Waals surface area contributed by atoms with E-state index in [-0.39, 0.29) is 11.5 Å². The van der Waals surface area contributed by atoms with Crippen LogP contribution in [0, 0.1) is 0 Å². The van der Waals surface area contributed by atoms with Gasteiger partial charge in [-0.15, -0.1) is 0 Å². The monoisotopic (exact) mass is 208 g/mol. The van der Waals surface area contributed by atoms with Gasteiger partial charge in [0.1, 0.15) is 0 Å². The van der Waals surface area contributed by atoms with E-state index < -0.39 is 0 Å². The fraction of sp³-hybridized carbons (Fsp3) is 0.455. The Labute approximate surface area is 89.5 Å². The minimum atomic E-state index is -0.362. The van der Waals surface area contributed by atoms with E-state index >= 15 is 0 Å². The second kappa shape index (κ2) is 4.29. The molecular weight excluding hydrogens is 192 g/mol. The normalized spacial score (nSPS) is 12.0. The van der Waals surface area contributed by atoms with Gasteiger partial charge >= 0.3 is 5.97 Å². The van der Waals surface area contributed by atoms with Gasteiger partial charge in [-0.2, -0.15) is 5.10 Å². The largest absolute Gasteiger partial charge is 0.466 e. The van der Waals surface area contributed by atoms with Crippen LogP contribution in [0.5, 0.6) is 0 Å². The third-order valence-electron chi connectivity index (χ3n) is 1.90. The van der Waals surface area contributed by atoms with Crippen molar-refractivity contribution in [1.29, 1.82) is 0 Å². The van der Waals surface area contributed by atoms with Crippen LogP contribution in [0.1, 0.15) is 26.3 Å². The Hall–Kier alpha value is -1.58. The fourth-order valence-corrected chi connectivity index (χ4v) is 1.02. The van der Waals surface area contributed by atoms with Gasteiger partial charge in [0.25, 0.3) is 0 Å². The summed E-state index contributed by atoms with van der Waals surface area (Å²) in [6, 6.07) is 0. The molecule has 0 spiro atoms. The number of carbonyl (C=O) groups excluding carboxylic acids is 1. The molecule has 0 bridgehead atoms. The molecule has 0 atom stereocenters. The molecule has 82 valence electrons. The van der Waals surface area contributed by atoms with E-state index in [9.17, 15) is 4.79 Å². The Balaban J connectivity index is 2.77. The lowest BCUT2D eigenvalue weighted by Crippen LogP contribution is -2.21. The van der Waals surface area contributed by atoms with Gasteiger partial charge in [0.2, 0.25) is 0 Å². The Morgan fingerprint density at radius 1 is 1.53 bits per heavy atom. The molecule has 0 amide bonds. The molecule has 15 heavy (non-hydrogen) atoms. The van der Waals surface area contributed by atoms with Gasteiger partial charge in [0.05, 0.1) is 18.8 Å². The quantitative estimate of drug-likeness (QED) is 0.550. The van der Waals surface area contributed by atoms with Gasteiger partial charge in [-0.1, -0.05) is 0 Å². The van der Waals surface area contributed by atoms with E-state index in [1.54, 1.807) is 12.3 Å². The zero-order valence-corrected chi connectivity index (χ0v) is 9.52.